The molecule has 0 aliphatic carbocycles. The number of amides is 3. The maximum absolute atomic E-state index is 12.1. The summed E-state index contributed by atoms with van der Waals surface area (Å²) in [5.74, 6) is -0.337. The largest absolute Gasteiger partial charge is 0.351 e. The fourth-order valence-corrected chi connectivity index (χ4v) is 4.00. The lowest BCUT2D eigenvalue weighted by Crippen LogP contribution is -2.42. The lowest BCUT2D eigenvalue weighted by molar-refractivity contribution is -0.120. The summed E-state index contributed by atoms with van der Waals surface area (Å²) in [6, 6.07) is 7.30. The van der Waals surface area contributed by atoms with Crippen molar-refractivity contribution in [2.24, 2.45) is 11.7 Å². The smallest absolute Gasteiger partial charge is 0.318 e. The fourth-order valence-electron chi connectivity index (χ4n) is 1.96. The highest BCUT2D eigenvalue weighted by molar-refractivity contribution is 8.02. The molecule has 0 aliphatic heterocycles. The Bertz CT molecular complexity index is 696. The maximum atomic E-state index is 12.1. The molecule has 0 unspecified atom stereocenters. The van der Waals surface area contributed by atoms with Gasteiger partial charge in [-0.25, -0.2) is 9.78 Å². The van der Waals surface area contributed by atoms with Crippen LogP contribution in [0.3, 0.4) is 0 Å². The number of benzene rings is 1. The zero-order valence-corrected chi connectivity index (χ0v) is 14.8. The summed E-state index contributed by atoms with van der Waals surface area (Å²) in [6.07, 6.45) is 0. The van der Waals surface area contributed by atoms with Crippen LogP contribution >= 0.6 is 23.1 Å². The summed E-state index contributed by atoms with van der Waals surface area (Å²) in [5.41, 5.74) is 8.15. The molecular formula is C16H19N3O2S2. The normalized spacial score (nSPS) is 12.2. The van der Waals surface area contributed by atoms with Crippen LogP contribution in [0.15, 0.2) is 34.0 Å². The van der Waals surface area contributed by atoms with Crippen LogP contribution in [0.1, 0.15) is 19.4 Å². The number of rotatable bonds is 5. The van der Waals surface area contributed by atoms with Gasteiger partial charge in [-0.15, -0.1) is 11.3 Å². The van der Waals surface area contributed by atoms with Crippen LogP contribution < -0.4 is 11.1 Å². The van der Waals surface area contributed by atoms with Gasteiger partial charge in [0, 0.05) is 10.9 Å². The number of thioether (sulfide) groups is 1. The van der Waals surface area contributed by atoms with Crippen molar-refractivity contribution in [3.63, 3.8) is 0 Å². The van der Waals surface area contributed by atoms with Crippen molar-refractivity contribution in [3.05, 3.63) is 35.2 Å². The number of imide groups is 1. The molecule has 0 aliphatic rings. The fraction of sp³-hybridized carbons (Fsp3) is 0.312. The molecule has 1 atom stereocenters. The lowest BCUT2D eigenvalue weighted by Gasteiger charge is -2.17. The molecule has 0 spiro atoms. The van der Waals surface area contributed by atoms with Crippen LogP contribution in [-0.4, -0.2) is 22.2 Å². The number of hydrogen-bond donors (Lipinski definition) is 2. The van der Waals surface area contributed by atoms with E-state index in [1.165, 1.54) is 28.7 Å². The van der Waals surface area contributed by atoms with E-state index in [0.29, 0.717) is 0 Å². The highest BCUT2D eigenvalue weighted by Crippen LogP contribution is 2.33. The van der Waals surface area contributed by atoms with Crippen LogP contribution in [0.2, 0.25) is 0 Å². The average Bonchev–Trinajstić information content (AvgIpc) is 2.93. The van der Waals surface area contributed by atoms with Crippen molar-refractivity contribution in [1.82, 2.24) is 10.3 Å². The van der Waals surface area contributed by atoms with E-state index in [0.717, 1.165) is 15.6 Å². The molecule has 3 amide bonds. The summed E-state index contributed by atoms with van der Waals surface area (Å²) >= 11 is 2.84. The SMILES string of the molecule is Cc1ccc(-c2csc(S[C@@H](C(=O)NC(N)=O)C(C)C)n2)cc1. The van der Waals surface area contributed by atoms with Crippen molar-refractivity contribution < 1.29 is 9.59 Å². The minimum absolute atomic E-state index is 0.0473. The third-order valence-corrected chi connectivity index (χ3v) is 5.69. The van der Waals surface area contributed by atoms with E-state index < -0.39 is 11.3 Å². The van der Waals surface area contributed by atoms with Gasteiger partial charge in [0.25, 0.3) is 0 Å². The average molecular weight is 349 g/mol. The van der Waals surface area contributed by atoms with Gasteiger partial charge in [-0.3, -0.25) is 10.1 Å². The first-order chi connectivity index (χ1) is 10.9. The molecule has 2 aromatic rings. The van der Waals surface area contributed by atoms with Crippen molar-refractivity contribution in [1.29, 1.82) is 0 Å². The van der Waals surface area contributed by atoms with Crippen LogP contribution in [0, 0.1) is 12.8 Å². The van der Waals surface area contributed by atoms with Gasteiger partial charge in [-0.05, 0) is 12.8 Å². The van der Waals surface area contributed by atoms with E-state index in [4.69, 9.17) is 5.73 Å². The minimum Gasteiger partial charge on any atom is -0.351 e. The summed E-state index contributed by atoms with van der Waals surface area (Å²) < 4.78 is 0.791. The third kappa shape index (κ3) is 4.80. The van der Waals surface area contributed by atoms with Gasteiger partial charge >= 0.3 is 6.03 Å². The van der Waals surface area contributed by atoms with Crippen molar-refractivity contribution >= 4 is 35.0 Å². The van der Waals surface area contributed by atoms with Crippen molar-refractivity contribution in [3.8, 4) is 11.3 Å². The number of nitrogens with zero attached hydrogens (tertiary/aromatic N) is 1. The Kier molecular flexibility index (Phi) is 5.79. The molecule has 2 rings (SSSR count). The number of nitrogens with two attached hydrogens (primary N) is 1. The van der Waals surface area contributed by atoms with E-state index >= 15 is 0 Å². The number of aryl methyl sites for hydroxylation is 1. The topological polar surface area (TPSA) is 85.1 Å². The second kappa shape index (κ2) is 7.61. The summed E-state index contributed by atoms with van der Waals surface area (Å²) in [4.78, 5) is 27.5. The minimum atomic E-state index is -0.833. The predicted octanol–water partition coefficient (Wildman–Crippen LogP) is 3.43. The molecule has 1 aromatic heterocycles. The molecule has 1 heterocycles. The van der Waals surface area contributed by atoms with Gasteiger partial charge in [0.2, 0.25) is 5.91 Å². The molecule has 5 nitrogen and oxygen atoms in total. The molecular weight excluding hydrogens is 330 g/mol. The third-order valence-electron chi connectivity index (χ3n) is 3.17. The van der Waals surface area contributed by atoms with Crippen LogP contribution in [0.4, 0.5) is 4.79 Å². The van der Waals surface area contributed by atoms with Gasteiger partial charge < -0.3 is 5.73 Å². The molecule has 0 fully saturated rings. The zero-order chi connectivity index (χ0) is 17.0. The van der Waals surface area contributed by atoms with Crippen molar-refractivity contribution in [2.45, 2.75) is 30.4 Å². The summed E-state index contributed by atoms with van der Waals surface area (Å²) in [6.45, 7) is 5.89. The summed E-state index contributed by atoms with van der Waals surface area (Å²) in [5, 5.41) is 3.70. The Morgan fingerprint density at radius 1 is 1.26 bits per heavy atom. The van der Waals surface area contributed by atoms with Crippen LogP contribution in [-0.2, 0) is 4.79 Å². The zero-order valence-electron chi connectivity index (χ0n) is 13.2. The first-order valence-corrected chi connectivity index (χ1v) is 8.92. The second-order valence-corrected chi connectivity index (χ2v) is 7.75. The van der Waals surface area contributed by atoms with Gasteiger partial charge in [0.15, 0.2) is 4.34 Å². The van der Waals surface area contributed by atoms with E-state index in [2.05, 4.69) is 10.3 Å². The Balaban J connectivity index is 2.14. The summed E-state index contributed by atoms with van der Waals surface area (Å²) in [7, 11) is 0. The van der Waals surface area contributed by atoms with E-state index in [-0.39, 0.29) is 11.8 Å². The first-order valence-electron chi connectivity index (χ1n) is 7.16. The Morgan fingerprint density at radius 3 is 2.48 bits per heavy atom. The van der Waals surface area contributed by atoms with Gasteiger partial charge in [-0.2, -0.15) is 0 Å². The number of carbonyl (C=O) groups excluding carboxylic acids is 2. The number of aromatic nitrogens is 1. The Morgan fingerprint density at radius 2 is 1.91 bits per heavy atom. The molecule has 23 heavy (non-hydrogen) atoms. The van der Waals surface area contributed by atoms with E-state index in [1.807, 2.05) is 50.4 Å². The molecule has 7 heteroatoms. The Hall–Kier alpha value is -1.86. The number of carbonyl (C=O) groups is 2. The molecule has 0 radical (unpaired) electrons. The Labute approximate surface area is 143 Å². The van der Waals surface area contributed by atoms with Crippen molar-refractivity contribution in [2.75, 3.05) is 0 Å². The van der Waals surface area contributed by atoms with E-state index in [1.54, 1.807) is 0 Å². The quantitative estimate of drug-likeness (QED) is 0.810. The molecule has 1 aromatic carbocycles. The standard InChI is InChI=1S/C16H19N3O2S2/c1-9(2)13(14(20)19-15(17)21)23-16-18-12(8-22-16)11-6-4-10(3)5-7-11/h4-9,13H,1-3H3,(H3,17,19,20,21)/t13-/m1/s1. The van der Waals surface area contributed by atoms with Crippen LogP contribution in [0.5, 0.6) is 0 Å². The number of hydrogen-bond acceptors (Lipinski definition) is 5. The van der Waals surface area contributed by atoms with Crippen LogP contribution in [0.25, 0.3) is 11.3 Å². The van der Waals surface area contributed by atoms with E-state index in [9.17, 15) is 9.59 Å². The monoisotopic (exact) mass is 349 g/mol. The van der Waals surface area contributed by atoms with Gasteiger partial charge in [0.05, 0.1) is 10.9 Å². The molecule has 0 saturated carbocycles. The molecule has 0 bridgehead atoms. The molecule has 122 valence electrons. The predicted molar refractivity (Wildman–Crippen MR) is 94.5 cm³/mol. The maximum Gasteiger partial charge on any atom is 0.318 e. The second-order valence-electron chi connectivity index (χ2n) is 5.50. The number of primary amides is 1. The highest BCUT2D eigenvalue weighted by Gasteiger charge is 2.25. The van der Waals surface area contributed by atoms with Gasteiger partial charge in [-0.1, -0.05) is 55.4 Å². The molecule has 0 saturated heterocycles. The highest BCUT2D eigenvalue weighted by atomic mass is 32.2. The number of nitrogens with one attached hydrogen (secondary N) is 1. The molecule has 3 N–H and O–H groups in total. The number of thiazole rings is 1. The lowest BCUT2D eigenvalue weighted by atomic mass is 10.1. The van der Waals surface area contributed by atoms with Gasteiger partial charge in [0.1, 0.15) is 0 Å². The number of urea groups is 1. The first kappa shape index (κ1) is 17.5.